The van der Waals surface area contributed by atoms with Crippen molar-refractivity contribution in [3.8, 4) is 0 Å². The number of hydrogen-bond donors (Lipinski definition) is 3. The summed E-state index contributed by atoms with van der Waals surface area (Å²) in [5.74, 6) is -1.35. The molecular formula is C73H142O17P2. The number of carbonyl (C=O) groups excluding carboxylic acids is 4. The summed E-state index contributed by atoms with van der Waals surface area (Å²) in [5.41, 5.74) is 0. The van der Waals surface area contributed by atoms with Crippen LogP contribution in [-0.2, 0) is 65.4 Å². The van der Waals surface area contributed by atoms with Gasteiger partial charge in [-0.1, -0.05) is 330 Å². The molecule has 0 amide bonds. The predicted octanol–water partition coefficient (Wildman–Crippen LogP) is 21.3. The lowest BCUT2D eigenvalue weighted by molar-refractivity contribution is -0.161. The first kappa shape index (κ1) is 90.1. The van der Waals surface area contributed by atoms with Crippen LogP contribution in [0.4, 0.5) is 0 Å². The van der Waals surface area contributed by atoms with E-state index in [1.807, 2.05) is 0 Å². The summed E-state index contributed by atoms with van der Waals surface area (Å²) in [7, 11) is -9.90. The Balaban J connectivity index is 5.14. The summed E-state index contributed by atoms with van der Waals surface area (Å²) >= 11 is 0. The third-order valence-electron chi connectivity index (χ3n) is 17.0. The summed E-state index contributed by atoms with van der Waals surface area (Å²) in [6, 6.07) is 0. The van der Waals surface area contributed by atoms with Crippen molar-refractivity contribution in [2.45, 2.75) is 400 Å². The van der Waals surface area contributed by atoms with E-state index in [-0.39, 0.29) is 25.7 Å². The molecule has 17 nitrogen and oxygen atoms in total. The Morgan fingerprint density at radius 1 is 0.293 bits per heavy atom. The first-order chi connectivity index (χ1) is 44.5. The van der Waals surface area contributed by atoms with Crippen molar-refractivity contribution >= 4 is 39.5 Å². The van der Waals surface area contributed by atoms with Gasteiger partial charge in [-0.3, -0.25) is 37.3 Å². The van der Waals surface area contributed by atoms with E-state index in [1.165, 1.54) is 199 Å². The van der Waals surface area contributed by atoms with Crippen molar-refractivity contribution < 1.29 is 80.2 Å². The van der Waals surface area contributed by atoms with Gasteiger partial charge in [-0.05, 0) is 31.6 Å². The summed E-state index contributed by atoms with van der Waals surface area (Å²) in [4.78, 5) is 72.4. The van der Waals surface area contributed by atoms with E-state index < -0.39 is 97.5 Å². The highest BCUT2D eigenvalue weighted by Crippen LogP contribution is 2.45. The molecule has 0 aromatic carbocycles. The maximum absolute atomic E-state index is 13.0. The monoisotopic (exact) mass is 1350 g/mol. The molecule has 0 fully saturated rings. The molecule has 0 saturated heterocycles. The maximum atomic E-state index is 13.0. The summed E-state index contributed by atoms with van der Waals surface area (Å²) in [6.07, 6.45) is 54.4. The van der Waals surface area contributed by atoms with Crippen LogP contribution in [-0.4, -0.2) is 96.7 Å². The van der Waals surface area contributed by atoms with Gasteiger partial charge >= 0.3 is 39.5 Å². The molecule has 92 heavy (non-hydrogen) atoms. The number of ether oxygens (including phenoxy) is 4. The number of aliphatic hydroxyl groups is 1. The average molecular weight is 1350 g/mol. The van der Waals surface area contributed by atoms with Crippen LogP contribution in [0.3, 0.4) is 0 Å². The fraction of sp³-hybridized carbons (Fsp3) is 0.945. The van der Waals surface area contributed by atoms with E-state index in [1.54, 1.807) is 0 Å². The van der Waals surface area contributed by atoms with Gasteiger partial charge in [-0.25, -0.2) is 9.13 Å². The minimum Gasteiger partial charge on any atom is -0.462 e. The summed E-state index contributed by atoms with van der Waals surface area (Å²) < 4.78 is 68.2. The van der Waals surface area contributed by atoms with Gasteiger partial charge in [-0.2, -0.15) is 0 Å². The largest absolute Gasteiger partial charge is 0.472 e. The standard InChI is InChI=1S/C73H142O17P2/c1-6-9-12-15-17-19-21-23-25-27-29-34-38-42-47-52-57-71(76)84-63-69(90-73(78)59-53-48-43-39-35-30-28-26-24-22-20-18-16-13-10-7-2)65-88-92(81,82)86-61-67(74)60-85-91(79,80)87-64-68(62-83-70(75)56-51-45-14-11-8-3)89-72(77)58-54-49-44-40-36-32-31-33-37-41-46-50-55-66(4)5/h66-69,74H,6-65H2,1-5H3,(H,79,80)(H,81,82)/t67-,68+,69+/m0/s1. The molecule has 0 aromatic rings. The Hall–Kier alpha value is -1.94. The Bertz CT molecular complexity index is 1770. The fourth-order valence-corrected chi connectivity index (χ4v) is 12.8. The highest BCUT2D eigenvalue weighted by molar-refractivity contribution is 7.47. The molecular weight excluding hydrogens is 1210 g/mol. The van der Waals surface area contributed by atoms with Crippen molar-refractivity contribution in [1.82, 2.24) is 0 Å². The van der Waals surface area contributed by atoms with Crippen molar-refractivity contribution in [3.63, 3.8) is 0 Å². The molecule has 3 N–H and O–H groups in total. The molecule has 19 heteroatoms. The minimum absolute atomic E-state index is 0.106. The van der Waals surface area contributed by atoms with Crippen molar-refractivity contribution in [2.75, 3.05) is 39.6 Å². The van der Waals surface area contributed by atoms with Crippen LogP contribution >= 0.6 is 15.6 Å². The van der Waals surface area contributed by atoms with E-state index in [4.69, 9.17) is 37.0 Å². The molecule has 0 aliphatic rings. The van der Waals surface area contributed by atoms with Gasteiger partial charge in [0.2, 0.25) is 0 Å². The third-order valence-corrected chi connectivity index (χ3v) is 18.9. The van der Waals surface area contributed by atoms with Gasteiger partial charge in [0, 0.05) is 25.7 Å². The topological polar surface area (TPSA) is 237 Å². The quantitative estimate of drug-likeness (QED) is 0.0222. The molecule has 0 rings (SSSR count). The minimum atomic E-state index is -4.95. The Morgan fingerprint density at radius 2 is 0.500 bits per heavy atom. The van der Waals surface area contributed by atoms with Crippen molar-refractivity contribution in [2.24, 2.45) is 5.92 Å². The first-order valence-electron chi connectivity index (χ1n) is 38.1. The second-order valence-corrected chi connectivity index (χ2v) is 29.7. The van der Waals surface area contributed by atoms with Crippen LogP contribution < -0.4 is 0 Å². The second-order valence-electron chi connectivity index (χ2n) is 26.8. The zero-order valence-corrected chi connectivity index (χ0v) is 61.5. The molecule has 5 atom stereocenters. The van der Waals surface area contributed by atoms with E-state index in [9.17, 15) is 43.2 Å². The lowest BCUT2D eigenvalue weighted by Gasteiger charge is -2.21. The van der Waals surface area contributed by atoms with Gasteiger partial charge in [-0.15, -0.1) is 0 Å². The van der Waals surface area contributed by atoms with Crippen LogP contribution in [0.2, 0.25) is 0 Å². The lowest BCUT2D eigenvalue weighted by Crippen LogP contribution is -2.30. The van der Waals surface area contributed by atoms with Crippen LogP contribution in [0.25, 0.3) is 0 Å². The molecule has 546 valence electrons. The highest BCUT2D eigenvalue weighted by Gasteiger charge is 2.30. The SMILES string of the molecule is CCCCCCCCCCCCCCCCCCC(=O)OC[C@H](COP(=O)(O)OC[C@@H](O)COP(=O)(O)OC[C@@H](COC(=O)CCCCCCC)OC(=O)CCCCCCCCCCCCCCC(C)C)OC(=O)CCCCCCCCCCCCCCCCCC. The van der Waals surface area contributed by atoms with Gasteiger partial charge in [0.05, 0.1) is 26.4 Å². The van der Waals surface area contributed by atoms with Crippen molar-refractivity contribution in [1.29, 1.82) is 0 Å². The summed E-state index contributed by atoms with van der Waals surface area (Å²) in [6.45, 7) is 7.20. The molecule has 0 heterocycles. The average Bonchev–Trinajstić information content (AvgIpc) is 3.60. The van der Waals surface area contributed by atoms with Gasteiger partial charge in [0.1, 0.15) is 19.3 Å². The molecule has 0 spiro atoms. The number of phosphoric ester groups is 2. The number of esters is 4. The number of unbranched alkanes of at least 4 members (excludes halogenated alkanes) is 45. The number of carbonyl (C=O) groups is 4. The number of hydrogen-bond acceptors (Lipinski definition) is 15. The number of aliphatic hydroxyl groups excluding tert-OH is 1. The van der Waals surface area contributed by atoms with Crippen LogP contribution in [0, 0.1) is 5.92 Å². The normalized spacial score (nSPS) is 14.0. The molecule has 0 aliphatic carbocycles. The third kappa shape index (κ3) is 66.7. The van der Waals surface area contributed by atoms with Crippen LogP contribution in [0.1, 0.15) is 381 Å². The zero-order chi connectivity index (χ0) is 67.7. The molecule has 0 radical (unpaired) electrons. The van der Waals surface area contributed by atoms with E-state index in [2.05, 4.69) is 34.6 Å². The first-order valence-corrected chi connectivity index (χ1v) is 41.1. The zero-order valence-electron chi connectivity index (χ0n) is 59.7. The maximum Gasteiger partial charge on any atom is 0.472 e. The highest BCUT2D eigenvalue weighted by atomic mass is 31.2. The Morgan fingerprint density at radius 3 is 0.739 bits per heavy atom. The second kappa shape index (κ2) is 66.3. The van der Waals surface area contributed by atoms with Crippen LogP contribution in [0.5, 0.6) is 0 Å². The van der Waals surface area contributed by atoms with Crippen LogP contribution in [0.15, 0.2) is 0 Å². The number of phosphoric acid groups is 2. The molecule has 0 aliphatic heterocycles. The summed E-state index contributed by atoms with van der Waals surface area (Å²) in [5, 5.41) is 10.6. The Kier molecular flexibility index (Phi) is 64.9. The lowest BCUT2D eigenvalue weighted by atomic mass is 10.0. The molecule has 0 aromatic heterocycles. The van der Waals surface area contributed by atoms with E-state index in [0.717, 1.165) is 102 Å². The van der Waals surface area contributed by atoms with Gasteiger partial charge < -0.3 is 33.8 Å². The van der Waals surface area contributed by atoms with Gasteiger partial charge in [0.25, 0.3) is 0 Å². The van der Waals surface area contributed by atoms with Gasteiger partial charge in [0.15, 0.2) is 12.2 Å². The molecule has 0 bridgehead atoms. The predicted molar refractivity (Wildman–Crippen MR) is 372 cm³/mol. The van der Waals surface area contributed by atoms with E-state index >= 15 is 0 Å². The smallest absolute Gasteiger partial charge is 0.462 e. The molecule has 2 unspecified atom stereocenters. The fourth-order valence-electron chi connectivity index (χ4n) is 11.2. The van der Waals surface area contributed by atoms with E-state index in [0.29, 0.717) is 25.7 Å². The number of rotatable bonds is 73. The van der Waals surface area contributed by atoms with Crippen molar-refractivity contribution in [3.05, 3.63) is 0 Å². The molecule has 0 saturated carbocycles. The Labute approximate surface area is 562 Å².